The molecule has 0 unspecified atom stereocenters. The highest BCUT2D eigenvalue weighted by molar-refractivity contribution is 5.60. The SMILES string of the molecule is Nc1nc2c(cc1F)N(Cc1ccc(F)cc1F)C[C@@H]1C[C@H]21. The maximum Gasteiger partial charge on any atom is 0.167 e. The smallest absolute Gasteiger partial charge is 0.167 e. The number of aromatic nitrogens is 1. The molecule has 1 aliphatic heterocycles. The summed E-state index contributed by atoms with van der Waals surface area (Å²) >= 11 is 0. The number of nitrogens with zero attached hydrogens (tertiary/aromatic N) is 2. The average Bonchev–Trinajstić information content (AvgIpc) is 3.23. The normalized spacial score (nSPS) is 22.2. The third-order valence-electron chi connectivity index (χ3n) is 4.46. The Morgan fingerprint density at radius 2 is 2.00 bits per heavy atom. The fourth-order valence-corrected chi connectivity index (χ4v) is 3.21. The number of fused-ring (bicyclic) bond motifs is 3. The van der Waals surface area contributed by atoms with Crippen molar-refractivity contribution in [2.45, 2.75) is 18.9 Å². The monoisotopic (exact) mass is 305 g/mol. The number of nitrogens with two attached hydrogens (primary N) is 1. The van der Waals surface area contributed by atoms with Crippen LogP contribution in [0.5, 0.6) is 0 Å². The van der Waals surface area contributed by atoms with E-state index in [0.717, 1.165) is 24.7 Å². The van der Waals surface area contributed by atoms with Crippen LogP contribution in [0.4, 0.5) is 24.7 Å². The minimum absolute atomic E-state index is 0.0980. The van der Waals surface area contributed by atoms with Crippen LogP contribution in [0.25, 0.3) is 0 Å². The van der Waals surface area contributed by atoms with E-state index in [4.69, 9.17) is 5.73 Å². The molecule has 1 aromatic carbocycles. The molecule has 22 heavy (non-hydrogen) atoms. The first-order chi connectivity index (χ1) is 10.5. The zero-order valence-corrected chi connectivity index (χ0v) is 11.7. The van der Waals surface area contributed by atoms with Crippen LogP contribution in [0.15, 0.2) is 24.3 Å². The second-order valence-electron chi connectivity index (χ2n) is 5.98. The summed E-state index contributed by atoms with van der Waals surface area (Å²) in [6, 6.07) is 4.88. The van der Waals surface area contributed by atoms with Crippen LogP contribution in [0, 0.1) is 23.4 Å². The number of rotatable bonds is 2. The van der Waals surface area contributed by atoms with Crippen LogP contribution in [0.1, 0.15) is 23.6 Å². The molecular formula is C16H14F3N3. The molecule has 6 heteroatoms. The van der Waals surface area contributed by atoms with E-state index in [1.807, 2.05) is 4.90 Å². The number of pyridine rings is 1. The van der Waals surface area contributed by atoms with Gasteiger partial charge in [0, 0.05) is 36.7 Å². The Balaban J connectivity index is 1.71. The maximum absolute atomic E-state index is 13.9. The quantitative estimate of drug-likeness (QED) is 0.926. The lowest BCUT2D eigenvalue weighted by Gasteiger charge is -2.30. The van der Waals surface area contributed by atoms with Crippen molar-refractivity contribution >= 4 is 11.5 Å². The Morgan fingerprint density at radius 1 is 1.18 bits per heavy atom. The van der Waals surface area contributed by atoms with Gasteiger partial charge in [0.05, 0.1) is 11.4 Å². The summed E-state index contributed by atoms with van der Waals surface area (Å²) in [6.07, 6.45) is 0.994. The van der Waals surface area contributed by atoms with Gasteiger partial charge < -0.3 is 10.6 Å². The first-order valence-corrected chi connectivity index (χ1v) is 7.17. The van der Waals surface area contributed by atoms with Gasteiger partial charge in [-0.1, -0.05) is 6.07 Å². The largest absolute Gasteiger partial charge is 0.381 e. The van der Waals surface area contributed by atoms with Gasteiger partial charge in [-0.2, -0.15) is 0 Å². The van der Waals surface area contributed by atoms with E-state index in [2.05, 4.69) is 4.98 Å². The van der Waals surface area contributed by atoms with Crippen molar-refractivity contribution in [3.63, 3.8) is 0 Å². The van der Waals surface area contributed by atoms with E-state index in [-0.39, 0.29) is 12.4 Å². The van der Waals surface area contributed by atoms with Gasteiger partial charge in [-0.3, -0.25) is 0 Å². The topological polar surface area (TPSA) is 42.1 Å². The summed E-state index contributed by atoms with van der Waals surface area (Å²) in [7, 11) is 0. The Bertz CT molecular complexity index is 763. The van der Waals surface area contributed by atoms with Gasteiger partial charge in [0.25, 0.3) is 0 Å². The first kappa shape index (κ1) is 13.4. The van der Waals surface area contributed by atoms with Crippen LogP contribution >= 0.6 is 0 Å². The molecule has 1 fully saturated rings. The zero-order valence-electron chi connectivity index (χ0n) is 11.7. The summed E-state index contributed by atoms with van der Waals surface area (Å²) in [5.74, 6) is -1.09. The Morgan fingerprint density at radius 3 is 2.77 bits per heavy atom. The summed E-state index contributed by atoms with van der Waals surface area (Å²) in [5.41, 5.74) is 7.39. The second kappa shape index (κ2) is 4.63. The third kappa shape index (κ3) is 2.10. The molecule has 0 radical (unpaired) electrons. The Kier molecular flexibility index (Phi) is 2.82. The molecule has 1 aromatic heterocycles. The van der Waals surface area contributed by atoms with Gasteiger partial charge in [0.15, 0.2) is 11.6 Å². The summed E-state index contributed by atoms with van der Waals surface area (Å²) < 4.78 is 40.6. The van der Waals surface area contributed by atoms with Crippen molar-refractivity contribution in [3.8, 4) is 0 Å². The molecule has 0 amide bonds. The van der Waals surface area contributed by atoms with E-state index in [9.17, 15) is 13.2 Å². The van der Waals surface area contributed by atoms with Crippen LogP contribution in [-0.4, -0.2) is 11.5 Å². The molecule has 3 nitrogen and oxygen atoms in total. The second-order valence-corrected chi connectivity index (χ2v) is 5.98. The van der Waals surface area contributed by atoms with Crippen molar-refractivity contribution in [3.05, 3.63) is 53.0 Å². The lowest BCUT2D eigenvalue weighted by molar-refractivity contribution is 0.563. The summed E-state index contributed by atoms with van der Waals surface area (Å²) in [6.45, 7) is 0.979. The van der Waals surface area contributed by atoms with Crippen LogP contribution in [0.3, 0.4) is 0 Å². The van der Waals surface area contributed by atoms with Crippen LogP contribution < -0.4 is 10.6 Å². The highest BCUT2D eigenvalue weighted by atomic mass is 19.1. The highest BCUT2D eigenvalue weighted by Gasteiger charge is 2.46. The Hall–Kier alpha value is -2.24. The number of anilines is 2. The van der Waals surface area contributed by atoms with Gasteiger partial charge in [-0.05, 0) is 18.4 Å². The van der Waals surface area contributed by atoms with E-state index >= 15 is 0 Å². The van der Waals surface area contributed by atoms with Gasteiger partial charge in [-0.15, -0.1) is 0 Å². The van der Waals surface area contributed by atoms with E-state index in [1.165, 1.54) is 18.2 Å². The van der Waals surface area contributed by atoms with Gasteiger partial charge >= 0.3 is 0 Å². The van der Waals surface area contributed by atoms with E-state index < -0.39 is 17.5 Å². The molecule has 0 saturated heterocycles. The van der Waals surface area contributed by atoms with Crippen LogP contribution in [-0.2, 0) is 6.54 Å². The summed E-state index contributed by atoms with van der Waals surface area (Å²) in [4.78, 5) is 6.07. The molecule has 4 rings (SSSR count). The molecule has 2 atom stereocenters. The predicted octanol–water partition coefficient (Wildman–Crippen LogP) is 3.20. The van der Waals surface area contributed by atoms with E-state index in [0.29, 0.717) is 23.1 Å². The molecule has 2 N–H and O–H groups in total. The maximum atomic E-state index is 13.9. The molecule has 2 aliphatic rings. The fraction of sp³-hybridized carbons (Fsp3) is 0.312. The molecule has 0 spiro atoms. The van der Waals surface area contributed by atoms with Crippen molar-refractivity contribution in [1.82, 2.24) is 4.98 Å². The van der Waals surface area contributed by atoms with Gasteiger partial charge in [-0.25, -0.2) is 18.2 Å². The van der Waals surface area contributed by atoms with E-state index in [1.54, 1.807) is 0 Å². The third-order valence-corrected chi connectivity index (χ3v) is 4.46. The standard InChI is InChI=1S/C16H14F3N3/c17-10-2-1-8(12(18)4-10)6-22-7-9-3-11(9)15-14(22)5-13(19)16(20)21-15/h1-2,4-5,9,11H,3,6-7H2,(H2,20,21)/t9-,11-/m0/s1. The van der Waals surface area contributed by atoms with Crippen molar-refractivity contribution in [2.24, 2.45) is 5.92 Å². The molecule has 2 heterocycles. The van der Waals surface area contributed by atoms with Gasteiger partial charge in [0.1, 0.15) is 11.6 Å². The highest BCUT2D eigenvalue weighted by Crippen LogP contribution is 2.54. The number of halogens is 3. The zero-order chi connectivity index (χ0) is 15.4. The van der Waals surface area contributed by atoms with Crippen molar-refractivity contribution < 1.29 is 13.2 Å². The minimum atomic E-state index is -0.608. The molecule has 1 aliphatic carbocycles. The number of benzene rings is 1. The van der Waals surface area contributed by atoms with Crippen molar-refractivity contribution in [1.29, 1.82) is 0 Å². The number of hydrogen-bond acceptors (Lipinski definition) is 3. The number of nitrogen functional groups attached to an aromatic ring is 1. The Labute approximate surface area is 125 Å². The average molecular weight is 305 g/mol. The minimum Gasteiger partial charge on any atom is -0.381 e. The predicted molar refractivity (Wildman–Crippen MR) is 76.9 cm³/mol. The van der Waals surface area contributed by atoms with Crippen molar-refractivity contribution in [2.75, 3.05) is 17.2 Å². The molecule has 114 valence electrons. The summed E-state index contributed by atoms with van der Waals surface area (Å²) in [5, 5.41) is 0. The molecule has 1 saturated carbocycles. The lowest BCUT2D eigenvalue weighted by atomic mass is 10.1. The van der Waals surface area contributed by atoms with Crippen LogP contribution in [0.2, 0.25) is 0 Å². The first-order valence-electron chi connectivity index (χ1n) is 7.17. The molecule has 0 bridgehead atoms. The lowest BCUT2D eigenvalue weighted by Crippen LogP contribution is -2.30. The fourth-order valence-electron chi connectivity index (χ4n) is 3.21. The molecule has 2 aromatic rings. The van der Waals surface area contributed by atoms with Gasteiger partial charge in [0.2, 0.25) is 0 Å². The number of hydrogen-bond donors (Lipinski definition) is 1. The molecular weight excluding hydrogens is 291 g/mol.